The summed E-state index contributed by atoms with van der Waals surface area (Å²) in [6, 6.07) is 1.09. The molecular weight excluding hydrogens is 411 g/mol. The summed E-state index contributed by atoms with van der Waals surface area (Å²) >= 11 is 0. The SMILES string of the molecule is CN(C)c1cc(F)c(O)c2c1CC1C[C@H]3CC(=O)C(C(N)=O)C(=O)[C@@]3(O)C(=O)C1C2=O. The van der Waals surface area contributed by atoms with E-state index >= 15 is 0 Å². The van der Waals surface area contributed by atoms with Crippen LogP contribution in [0.15, 0.2) is 6.07 Å². The number of hydrogen-bond donors (Lipinski definition) is 3. The van der Waals surface area contributed by atoms with Gasteiger partial charge in [-0.15, -0.1) is 0 Å². The van der Waals surface area contributed by atoms with E-state index in [0.717, 1.165) is 6.07 Å². The zero-order valence-electron chi connectivity index (χ0n) is 16.8. The van der Waals surface area contributed by atoms with Crippen LogP contribution in [-0.4, -0.2) is 58.9 Å². The lowest BCUT2D eigenvalue weighted by Crippen LogP contribution is -2.68. The van der Waals surface area contributed by atoms with Crippen molar-refractivity contribution >= 4 is 34.7 Å². The standard InChI is InChI=1S/C21H21FN2O7/c1-24(2)11-6-10(22)16(26)14-9(11)4-7-3-8-5-12(25)15(20(23)30)19(29)21(8,31)18(28)13(7)17(14)27/h6-8,13,15,26,31H,3-5H2,1-2H3,(H2,23,30)/t7?,8-,13?,15?,21-/m0/s1. The lowest BCUT2D eigenvalue weighted by Gasteiger charge is -2.48. The second-order valence-corrected chi connectivity index (χ2v) is 8.71. The van der Waals surface area contributed by atoms with Crippen LogP contribution in [0.1, 0.15) is 28.8 Å². The third-order valence-electron chi connectivity index (χ3n) is 6.81. The number of primary amides is 1. The van der Waals surface area contributed by atoms with Gasteiger partial charge in [-0.05, 0) is 24.3 Å². The number of nitrogens with two attached hydrogens (primary N) is 1. The molecule has 0 spiro atoms. The summed E-state index contributed by atoms with van der Waals surface area (Å²) < 4.78 is 14.3. The number of anilines is 1. The molecule has 1 aromatic rings. The minimum Gasteiger partial charge on any atom is -0.504 e. The van der Waals surface area contributed by atoms with E-state index in [4.69, 9.17) is 5.73 Å². The van der Waals surface area contributed by atoms with Crippen LogP contribution in [0.2, 0.25) is 0 Å². The van der Waals surface area contributed by atoms with Crippen LogP contribution in [0.25, 0.3) is 0 Å². The van der Waals surface area contributed by atoms with Crippen LogP contribution in [0.3, 0.4) is 0 Å². The topological polar surface area (TPSA) is 155 Å². The number of carbonyl (C=O) groups is 5. The summed E-state index contributed by atoms with van der Waals surface area (Å²) in [5.41, 5.74) is 2.77. The molecule has 3 aliphatic rings. The highest BCUT2D eigenvalue weighted by molar-refractivity contribution is 6.31. The third kappa shape index (κ3) is 2.67. The van der Waals surface area contributed by atoms with Gasteiger partial charge in [0.15, 0.2) is 46.2 Å². The smallest absolute Gasteiger partial charge is 0.235 e. The molecule has 10 heteroatoms. The number of carbonyl (C=O) groups excluding carboxylic acids is 5. The van der Waals surface area contributed by atoms with Crippen molar-refractivity contribution in [2.24, 2.45) is 29.4 Å². The number of phenolic OH excluding ortho intramolecular Hbond substituents is 1. The first kappa shape index (κ1) is 21.1. The molecule has 4 rings (SSSR count). The Morgan fingerprint density at radius 3 is 2.42 bits per heavy atom. The minimum absolute atomic E-state index is 0.00788. The molecule has 164 valence electrons. The molecule has 31 heavy (non-hydrogen) atoms. The number of phenols is 1. The van der Waals surface area contributed by atoms with Crippen LogP contribution >= 0.6 is 0 Å². The van der Waals surface area contributed by atoms with Gasteiger partial charge >= 0.3 is 0 Å². The Balaban J connectivity index is 1.85. The zero-order valence-corrected chi connectivity index (χ0v) is 16.8. The molecule has 4 N–H and O–H groups in total. The highest BCUT2D eigenvalue weighted by Crippen LogP contribution is 2.51. The molecule has 3 aliphatic carbocycles. The van der Waals surface area contributed by atoms with Crippen molar-refractivity contribution in [3.63, 3.8) is 0 Å². The molecule has 0 radical (unpaired) electrons. The highest BCUT2D eigenvalue weighted by Gasteiger charge is 2.66. The first-order valence-electron chi connectivity index (χ1n) is 9.80. The van der Waals surface area contributed by atoms with Gasteiger partial charge in [0, 0.05) is 38.2 Å². The average Bonchev–Trinajstić information content (AvgIpc) is 2.66. The van der Waals surface area contributed by atoms with Gasteiger partial charge in [0.25, 0.3) is 0 Å². The fraction of sp³-hybridized carbons (Fsp3) is 0.476. The maximum absolute atomic E-state index is 14.3. The maximum atomic E-state index is 14.3. The van der Waals surface area contributed by atoms with Crippen LogP contribution in [0.4, 0.5) is 10.1 Å². The average molecular weight is 432 g/mol. The molecule has 0 aromatic heterocycles. The second kappa shape index (κ2) is 6.68. The van der Waals surface area contributed by atoms with Crippen molar-refractivity contribution in [3.05, 3.63) is 23.0 Å². The Labute approximate surface area is 176 Å². The van der Waals surface area contributed by atoms with E-state index in [0.29, 0.717) is 11.3 Å². The third-order valence-corrected chi connectivity index (χ3v) is 6.81. The molecule has 9 nitrogen and oxygen atoms in total. The largest absolute Gasteiger partial charge is 0.504 e. The van der Waals surface area contributed by atoms with Gasteiger partial charge in [-0.25, -0.2) is 4.39 Å². The molecule has 5 atom stereocenters. The van der Waals surface area contributed by atoms with Gasteiger partial charge in [-0.2, -0.15) is 0 Å². The highest BCUT2D eigenvalue weighted by atomic mass is 19.1. The fourth-order valence-electron chi connectivity index (χ4n) is 5.38. The van der Waals surface area contributed by atoms with Gasteiger partial charge in [0.05, 0.1) is 11.5 Å². The fourth-order valence-corrected chi connectivity index (χ4v) is 5.38. The summed E-state index contributed by atoms with van der Waals surface area (Å²) in [6.07, 6.45) is -0.305. The van der Waals surface area contributed by atoms with E-state index in [9.17, 15) is 38.6 Å². The van der Waals surface area contributed by atoms with E-state index in [1.807, 2.05) is 0 Å². The molecule has 0 heterocycles. The Hall–Kier alpha value is -3.14. The van der Waals surface area contributed by atoms with Gasteiger partial charge in [0.1, 0.15) is 0 Å². The first-order chi connectivity index (χ1) is 14.4. The Kier molecular flexibility index (Phi) is 4.55. The molecular formula is C21H21FN2O7. The maximum Gasteiger partial charge on any atom is 0.235 e. The number of rotatable bonds is 2. The van der Waals surface area contributed by atoms with Crippen LogP contribution < -0.4 is 10.6 Å². The lowest BCUT2D eigenvalue weighted by molar-refractivity contribution is -0.175. The van der Waals surface area contributed by atoms with Crippen LogP contribution in [0, 0.1) is 29.5 Å². The van der Waals surface area contributed by atoms with Crippen molar-refractivity contribution in [1.82, 2.24) is 0 Å². The Morgan fingerprint density at radius 1 is 1.19 bits per heavy atom. The first-order valence-corrected chi connectivity index (χ1v) is 9.80. The molecule has 0 aliphatic heterocycles. The predicted octanol–water partition coefficient (Wildman–Crippen LogP) is -0.468. The lowest BCUT2D eigenvalue weighted by atomic mass is 9.54. The summed E-state index contributed by atoms with van der Waals surface area (Å²) in [7, 11) is 3.27. The van der Waals surface area contributed by atoms with Crippen LogP contribution in [-0.2, 0) is 25.6 Å². The second-order valence-electron chi connectivity index (χ2n) is 8.71. The van der Waals surface area contributed by atoms with E-state index in [1.54, 1.807) is 19.0 Å². The van der Waals surface area contributed by atoms with Gasteiger partial charge in [-0.3, -0.25) is 24.0 Å². The van der Waals surface area contributed by atoms with Gasteiger partial charge in [-0.1, -0.05) is 0 Å². The molecule has 1 amide bonds. The molecule has 0 bridgehead atoms. The number of halogens is 1. The Morgan fingerprint density at radius 2 is 1.84 bits per heavy atom. The molecule has 2 fully saturated rings. The van der Waals surface area contributed by atoms with Crippen molar-refractivity contribution < 1.29 is 38.6 Å². The number of aliphatic hydroxyl groups is 1. The quantitative estimate of drug-likeness (QED) is 0.530. The predicted molar refractivity (Wildman–Crippen MR) is 103 cm³/mol. The summed E-state index contributed by atoms with van der Waals surface area (Å²) in [4.78, 5) is 64.9. The zero-order chi connectivity index (χ0) is 23.0. The van der Waals surface area contributed by atoms with Gasteiger partial charge < -0.3 is 20.8 Å². The van der Waals surface area contributed by atoms with Crippen molar-refractivity contribution in [1.29, 1.82) is 0 Å². The summed E-state index contributed by atoms with van der Waals surface area (Å²) in [6.45, 7) is 0. The summed E-state index contributed by atoms with van der Waals surface area (Å²) in [5, 5.41) is 21.3. The normalized spacial score (nSPS) is 32.3. The molecule has 3 unspecified atom stereocenters. The van der Waals surface area contributed by atoms with E-state index in [-0.39, 0.29) is 18.4 Å². The van der Waals surface area contributed by atoms with Crippen LogP contribution in [0.5, 0.6) is 5.75 Å². The number of benzene rings is 1. The number of hydrogen-bond acceptors (Lipinski definition) is 8. The van der Waals surface area contributed by atoms with E-state index in [2.05, 4.69) is 0 Å². The number of aromatic hydroxyl groups is 1. The number of amides is 1. The van der Waals surface area contributed by atoms with Gasteiger partial charge in [0.2, 0.25) is 5.91 Å². The monoisotopic (exact) mass is 432 g/mol. The van der Waals surface area contributed by atoms with Crippen molar-refractivity contribution in [2.45, 2.75) is 24.9 Å². The van der Waals surface area contributed by atoms with Crippen molar-refractivity contribution in [2.75, 3.05) is 19.0 Å². The number of nitrogens with zero attached hydrogens (tertiary/aromatic N) is 1. The molecule has 0 saturated heterocycles. The summed E-state index contributed by atoms with van der Waals surface area (Å²) in [5.74, 6) is -12.6. The molecule has 2 saturated carbocycles. The number of fused-ring (bicyclic) bond motifs is 3. The van der Waals surface area contributed by atoms with E-state index < -0.39 is 76.3 Å². The molecule has 1 aromatic carbocycles. The number of ketones is 4. The van der Waals surface area contributed by atoms with E-state index in [1.165, 1.54) is 0 Å². The minimum atomic E-state index is -2.71. The number of Topliss-reactive ketones (excluding diaryl/α,β-unsaturated/α-hetero) is 4. The van der Waals surface area contributed by atoms with Crippen molar-refractivity contribution in [3.8, 4) is 5.75 Å². The Bertz CT molecular complexity index is 1080.